The maximum atomic E-state index is 13.4. The smallest absolute Gasteiger partial charge is 0.291 e. The third-order valence-corrected chi connectivity index (χ3v) is 6.90. The van der Waals surface area contributed by atoms with Crippen molar-refractivity contribution in [3.8, 4) is 0 Å². The zero-order chi connectivity index (χ0) is 22.6. The van der Waals surface area contributed by atoms with Gasteiger partial charge in [-0.3, -0.25) is 4.79 Å². The number of morpholine rings is 1. The summed E-state index contributed by atoms with van der Waals surface area (Å²) in [5.74, 6) is 0.694. The summed E-state index contributed by atoms with van der Waals surface area (Å²) in [6.45, 7) is 2.94. The Morgan fingerprint density at radius 3 is 2.52 bits per heavy atom. The van der Waals surface area contributed by atoms with Gasteiger partial charge >= 0.3 is 0 Å². The average molecular weight is 479 g/mol. The quantitative estimate of drug-likeness (QED) is 0.322. The fraction of sp³-hybridized carbons (Fsp3) is 0.192. The number of fused-ring (bicyclic) bond motifs is 1. The number of rotatable bonds is 6. The summed E-state index contributed by atoms with van der Waals surface area (Å²) in [5, 5.41) is 4.74. The highest BCUT2D eigenvalue weighted by Gasteiger charge is 2.23. The maximum absolute atomic E-state index is 13.4. The van der Waals surface area contributed by atoms with E-state index in [4.69, 9.17) is 20.8 Å². The molecular weight excluding hydrogens is 456 g/mol. The Kier molecular flexibility index (Phi) is 6.58. The fourth-order valence-electron chi connectivity index (χ4n) is 3.95. The van der Waals surface area contributed by atoms with Crippen LogP contribution in [0.5, 0.6) is 0 Å². The molecule has 0 bridgehead atoms. The third-order valence-electron chi connectivity index (χ3n) is 5.61. The van der Waals surface area contributed by atoms with E-state index in [0.717, 1.165) is 40.3 Å². The van der Waals surface area contributed by atoms with Crippen molar-refractivity contribution in [1.29, 1.82) is 0 Å². The van der Waals surface area contributed by atoms with E-state index in [-0.39, 0.29) is 5.91 Å². The van der Waals surface area contributed by atoms with Gasteiger partial charge in [-0.05, 0) is 42.5 Å². The summed E-state index contributed by atoms with van der Waals surface area (Å²) < 4.78 is 11.5. The fourth-order valence-corrected chi connectivity index (χ4v) is 5.00. The monoisotopic (exact) mass is 478 g/mol. The summed E-state index contributed by atoms with van der Waals surface area (Å²) in [6.07, 6.45) is 0. The van der Waals surface area contributed by atoms with E-state index in [0.29, 0.717) is 35.3 Å². The Balaban J connectivity index is 1.43. The number of anilines is 2. The Morgan fingerprint density at radius 1 is 0.970 bits per heavy atom. The summed E-state index contributed by atoms with van der Waals surface area (Å²) in [6, 6.07) is 23.3. The predicted octanol–water partition coefficient (Wildman–Crippen LogP) is 6.47. The van der Waals surface area contributed by atoms with Crippen molar-refractivity contribution < 1.29 is 13.9 Å². The van der Waals surface area contributed by atoms with Crippen LogP contribution < -0.4 is 10.2 Å². The Hall–Kier alpha value is -2.93. The number of para-hydroxylation sites is 3. The van der Waals surface area contributed by atoms with E-state index in [1.165, 1.54) is 0 Å². The first-order valence-corrected chi connectivity index (χ1v) is 12.2. The maximum Gasteiger partial charge on any atom is 0.291 e. The second kappa shape index (κ2) is 9.91. The molecule has 5 nitrogen and oxygen atoms in total. The summed E-state index contributed by atoms with van der Waals surface area (Å²) in [7, 11) is 0. The van der Waals surface area contributed by atoms with Crippen LogP contribution in [0.4, 0.5) is 11.4 Å². The number of amides is 1. The minimum atomic E-state index is -0.251. The second-order valence-corrected chi connectivity index (χ2v) is 9.20. The molecule has 0 atom stereocenters. The number of hydrogen-bond donors (Lipinski definition) is 1. The first kappa shape index (κ1) is 21.9. The number of halogens is 1. The van der Waals surface area contributed by atoms with E-state index in [1.54, 1.807) is 11.8 Å². The van der Waals surface area contributed by atoms with Crippen LogP contribution in [0.25, 0.3) is 11.0 Å². The molecule has 1 aliphatic heterocycles. The molecule has 4 aromatic rings. The molecule has 3 aromatic carbocycles. The summed E-state index contributed by atoms with van der Waals surface area (Å²) in [5.41, 5.74) is 3.34. The van der Waals surface area contributed by atoms with Crippen LogP contribution >= 0.6 is 23.4 Å². The third kappa shape index (κ3) is 4.88. The number of carbonyl (C=O) groups excluding carboxylic acids is 1. The van der Waals surface area contributed by atoms with Gasteiger partial charge in [0.15, 0.2) is 5.76 Å². The van der Waals surface area contributed by atoms with Crippen molar-refractivity contribution >= 4 is 51.6 Å². The lowest BCUT2D eigenvalue weighted by atomic mass is 10.1. The SMILES string of the molecule is O=C(Nc1ccccc1N1CCOCC1)c1oc2ccccc2c1CSc1ccc(Cl)cc1. The lowest BCUT2D eigenvalue weighted by Gasteiger charge is -2.30. The van der Waals surface area contributed by atoms with Crippen molar-refractivity contribution in [2.45, 2.75) is 10.6 Å². The first-order chi connectivity index (χ1) is 16.2. The zero-order valence-electron chi connectivity index (χ0n) is 17.9. The summed E-state index contributed by atoms with van der Waals surface area (Å²) >= 11 is 7.66. The number of hydrogen-bond acceptors (Lipinski definition) is 5. The van der Waals surface area contributed by atoms with Crippen LogP contribution in [-0.2, 0) is 10.5 Å². The molecule has 1 aliphatic rings. The summed E-state index contributed by atoms with van der Waals surface area (Å²) in [4.78, 5) is 16.7. The number of benzene rings is 3. The van der Waals surface area contributed by atoms with Crippen molar-refractivity contribution in [1.82, 2.24) is 0 Å². The van der Waals surface area contributed by atoms with Crippen LogP contribution in [0.2, 0.25) is 5.02 Å². The Bertz CT molecular complexity index is 1270. The highest BCUT2D eigenvalue weighted by Crippen LogP contribution is 2.34. The van der Waals surface area contributed by atoms with E-state index in [1.807, 2.05) is 72.8 Å². The van der Waals surface area contributed by atoms with Crippen LogP contribution in [-0.4, -0.2) is 32.2 Å². The Morgan fingerprint density at radius 2 is 1.70 bits per heavy atom. The molecule has 33 heavy (non-hydrogen) atoms. The average Bonchev–Trinajstić information content (AvgIpc) is 3.23. The van der Waals surface area contributed by atoms with Gasteiger partial charge in [0, 0.05) is 39.7 Å². The largest absolute Gasteiger partial charge is 0.451 e. The van der Waals surface area contributed by atoms with E-state index < -0.39 is 0 Å². The van der Waals surface area contributed by atoms with Crippen molar-refractivity contribution in [2.24, 2.45) is 0 Å². The van der Waals surface area contributed by atoms with Gasteiger partial charge < -0.3 is 19.4 Å². The molecule has 1 fully saturated rings. The molecule has 1 aromatic heterocycles. The number of carbonyl (C=O) groups is 1. The van der Waals surface area contributed by atoms with Crippen molar-refractivity contribution in [3.05, 3.63) is 89.1 Å². The molecule has 7 heteroatoms. The minimum Gasteiger partial charge on any atom is -0.451 e. The van der Waals surface area contributed by atoms with Crippen LogP contribution in [0.1, 0.15) is 16.1 Å². The van der Waals surface area contributed by atoms with Gasteiger partial charge in [0.05, 0.1) is 24.6 Å². The normalized spacial score (nSPS) is 13.9. The van der Waals surface area contributed by atoms with Gasteiger partial charge in [-0.2, -0.15) is 0 Å². The molecule has 0 radical (unpaired) electrons. The van der Waals surface area contributed by atoms with Crippen molar-refractivity contribution in [3.63, 3.8) is 0 Å². The molecule has 2 heterocycles. The topological polar surface area (TPSA) is 54.7 Å². The van der Waals surface area contributed by atoms with Gasteiger partial charge in [0.1, 0.15) is 5.58 Å². The van der Waals surface area contributed by atoms with E-state index in [9.17, 15) is 4.79 Å². The van der Waals surface area contributed by atoms with Gasteiger partial charge in [0.25, 0.3) is 5.91 Å². The molecule has 1 N–H and O–H groups in total. The lowest BCUT2D eigenvalue weighted by Crippen LogP contribution is -2.36. The van der Waals surface area contributed by atoms with Gasteiger partial charge in [-0.25, -0.2) is 0 Å². The predicted molar refractivity (Wildman–Crippen MR) is 135 cm³/mol. The van der Waals surface area contributed by atoms with Gasteiger partial charge in [-0.1, -0.05) is 41.9 Å². The second-order valence-electron chi connectivity index (χ2n) is 7.72. The van der Waals surface area contributed by atoms with Gasteiger partial charge in [-0.15, -0.1) is 11.8 Å². The number of thioether (sulfide) groups is 1. The van der Waals surface area contributed by atoms with E-state index >= 15 is 0 Å². The molecule has 0 saturated carbocycles. The number of ether oxygens (including phenoxy) is 1. The molecule has 1 saturated heterocycles. The van der Waals surface area contributed by atoms with Crippen LogP contribution in [0, 0.1) is 0 Å². The first-order valence-electron chi connectivity index (χ1n) is 10.8. The molecule has 168 valence electrons. The lowest BCUT2D eigenvalue weighted by molar-refractivity contribution is 0.0998. The highest BCUT2D eigenvalue weighted by atomic mass is 35.5. The van der Waals surface area contributed by atoms with E-state index in [2.05, 4.69) is 10.2 Å². The number of furan rings is 1. The molecule has 5 rings (SSSR count). The molecule has 0 unspecified atom stereocenters. The number of nitrogens with one attached hydrogen (secondary N) is 1. The van der Waals surface area contributed by atoms with Crippen LogP contribution in [0.15, 0.2) is 82.1 Å². The van der Waals surface area contributed by atoms with Gasteiger partial charge in [0.2, 0.25) is 0 Å². The van der Waals surface area contributed by atoms with Crippen molar-refractivity contribution in [2.75, 3.05) is 36.5 Å². The molecule has 0 aliphatic carbocycles. The van der Waals surface area contributed by atoms with Crippen LogP contribution in [0.3, 0.4) is 0 Å². The Labute approximate surface area is 201 Å². The standard InChI is InChI=1S/C26H23ClN2O3S/c27-18-9-11-19(12-10-18)33-17-21-20-5-1-4-8-24(20)32-25(21)26(30)28-22-6-2-3-7-23(22)29-13-15-31-16-14-29/h1-12H,13-17H2,(H,28,30). The highest BCUT2D eigenvalue weighted by molar-refractivity contribution is 7.98. The number of nitrogens with zero attached hydrogens (tertiary/aromatic N) is 1. The molecule has 1 amide bonds. The molecular formula is C26H23ClN2O3S. The molecule has 0 spiro atoms. The zero-order valence-corrected chi connectivity index (χ0v) is 19.5. The minimum absolute atomic E-state index is 0.251.